The summed E-state index contributed by atoms with van der Waals surface area (Å²) in [7, 11) is 0. The van der Waals surface area contributed by atoms with E-state index in [2.05, 4.69) is 48.2 Å². The first-order valence-electron chi connectivity index (χ1n) is 11.0. The van der Waals surface area contributed by atoms with Crippen LogP contribution in [0.15, 0.2) is 42.5 Å². The van der Waals surface area contributed by atoms with Gasteiger partial charge in [0.1, 0.15) is 11.6 Å². The molecule has 1 aliphatic carbocycles. The maximum atomic E-state index is 6.29. The van der Waals surface area contributed by atoms with Gasteiger partial charge in [-0.15, -0.1) is 0 Å². The number of halogens is 2. The molecule has 0 bridgehead atoms. The lowest BCUT2D eigenvalue weighted by Gasteiger charge is -2.34. The predicted molar refractivity (Wildman–Crippen MR) is 128 cm³/mol. The second-order valence-electron chi connectivity index (χ2n) is 8.97. The Kier molecular flexibility index (Phi) is 5.78. The number of para-hydroxylation sites is 1. The van der Waals surface area contributed by atoms with Crippen molar-refractivity contribution in [3.8, 4) is 0 Å². The van der Waals surface area contributed by atoms with Crippen LogP contribution in [-0.4, -0.2) is 22.1 Å². The molecule has 7 heteroatoms. The van der Waals surface area contributed by atoms with E-state index in [0.29, 0.717) is 28.0 Å². The summed E-state index contributed by atoms with van der Waals surface area (Å²) in [5.74, 6) is 2.57. The lowest BCUT2D eigenvalue weighted by atomic mass is 9.77. The molecule has 2 heterocycles. The molecule has 1 aromatic heterocycles. The molecule has 2 aromatic carbocycles. The van der Waals surface area contributed by atoms with Crippen LogP contribution >= 0.6 is 23.2 Å². The van der Waals surface area contributed by atoms with E-state index in [1.807, 2.05) is 24.3 Å². The van der Waals surface area contributed by atoms with Crippen LogP contribution in [0.3, 0.4) is 0 Å². The Bertz CT molecular complexity index is 1100. The van der Waals surface area contributed by atoms with Crippen LogP contribution in [0.1, 0.15) is 56.5 Å². The molecule has 4 unspecified atom stereocenters. The summed E-state index contributed by atoms with van der Waals surface area (Å²) >= 11 is 12.4. The minimum atomic E-state index is 0.206. The number of rotatable bonds is 4. The average Bonchev–Trinajstić information content (AvgIpc) is 3.19. The van der Waals surface area contributed by atoms with Gasteiger partial charge in [-0.25, -0.2) is 15.4 Å². The van der Waals surface area contributed by atoms with Crippen LogP contribution in [0.2, 0.25) is 10.0 Å². The summed E-state index contributed by atoms with van der Waals surface area (Å²) in [5.41, 5.74) is 9.16. The molecule has 31 heavy (non-hydrogen) atoms. The van der Waals surface area contributed by atoms with E-state index < -0.39 is 0 Å². The molecule has 162 valence electrons. The SMILES string of the molecule is CC(C)c1nc(NC2CCC3NNC(c4ccc(Cl)c(Cl)c4)C3C2)c2ccccc2n1. The van der Waals surface area contributed by atoms with Gasteiger partial charge in [0.25, 0.3) is 0 Å². The van der Waals surface area contributed by atoms with Crippen LogP contribution in [0.5, 0.6) is 0 Å². The van der Waals surface area contributed by atoms with Crippen molar-refractivity contribution < 1.29 is 0 Å². The largest absolute Gasteiger partial charge is 0.367 e. The van der Waals surface area contributed by atoms with Gasteiger partial charge in [-0.1, -0.05) is 55.2 Å². The maximum absolute atomic E-state index is 6.29. The van der Waals surface area contributed by atoms with Gasteiger partial charge in [-0.3, -0.25) is 5.43 Å². The highest BCUT2D eigenvalue weighted by molar-refractivity contribution is 6.42. The molecule has 2 fully saturated rings. The smallest absolute Gasteiger partial charge is 0.137 e. The quantitative estimate of drug-likeness (QED) is 0.459. The van der Waals surface area contributed by atoms with Crippen molar-refractivity contribution in [3.63, 3.8) is 0 Å². The van der Waals surface area contributed by atoms with Crippen molar-refractivity contribution in [3.05, 3.63) is 63.9 Å². The molecular weight excluding hydrogens is 429 g/mol. The summed E-state index contributed by atoms with van der Waals surface area (Å²) in [5, 5.41) is 6.04. The molecule has 0 radical (unpaired) electrons. The number of aromatic nitrogens is 2. The first-order chi connectivity index (χ1) is 15.0. The number of hydrogen-bond acceptors (Lipinski definition) is 5. The fraction of sp³-hybridized carbons (Fsp3) is 0.417. The van der Waals surface area contributed by atoms with E-state index in [0.717, 1.165) is 41.8 Å². The highest BCUT2D eigenvalue weighted by Crippen LogP contribution is 2.40. The van der Waals surface area contributed by atoms with Gasteiger partial charge in [0.05, 0.1) is 21.6 Å². The van der Waals surface area contributed by atoms with Crippen molar-refractivity contribution in [2.75, 3.05) is 5.32 Å². The Hall–Kier alpha value is -1.92. The van der Waals surface area contributed by atoms with Crippen LogP contribution < -0.4 is 16.2 Å². The van der Waals surface area contributed by atoms with Crippen molar-refractivity contribution in [2.24, 2.45) is 5.92 Å². The number of fused-ring (bicyclic) bond motifs is 2. The van der Waals surface area contributed by atoms with Gasteiger partial charge in [-0.05, 0) is 55.0 Å². The molecule has 2 aliphatic rings. The van der Waals surface area contributed by atoms with E-state index in [9.17, 15) is 0 Å². The predicted octanol–water partition coefficient (Wildman–Crippen LogP) is 5.86. The molecular formula is C24H27Cl2N5. The molecule has 4 atom stereocenters. The van der Waals surface area contributed by atoms with Gasteiger partial charge in [0.15, 0.2) is 0 Å². The van der Waals surface area contributed by atoms with Gasteiger partial charge in [0, 0.05) is 23.4 Å². The molecule has 1 saturated heterocycles. The van der Waals surface area contributed by atoms with E-state index >= 15 is 0 Å². The Labute approximate surface area is 192 Å². The summed E-state index contributed by atoms with van der Waals surface area (Å²) in [4.78, 5) is 9.65. The van der Waals surface area contributed by atoms with Crippen LogP contribution in [0.25, 0.3) is 10.9 Å². The standard InChI is InChI=1S/C24H27Cl2N5/c1-13(2)23-28-20-6-4-3-5-16(20)24(29-23)27-15-8-10-21-17(12-15)22(31-30-21)14-7-9-18(25)19(26)11-14/h3-7,9,11,13,15,17,21-22,30-31H,8,10,12H2,1-2H3,(H,27,28,29). The molecule has 1 aliphatic heterocycles. The molecule has 3 aromatic rings. The third-order valence-electron chi connectivity index (χ3n) is 6.53. The second kappa shape index (κ2) is 8.55. The monoisotopic (exact) mass is 455 g/mol. The number of benzene rings is 2. The second-order valence-corrected chi connectivity index (χ2v) is 9.78. The van der Waals surface area contributed by atoms with Crippen molar-refractivity contribution in [2.45, 2.75) is 57.2 Å². The van der Waals surface area contributed by atoms with Gasteiger partial charge >= 0.3 is 0 Å². The zero-order valence-electron chi connectivity index (χ0n) is 17.7. The fourth-order valence-electron chi connectivity index (χ4n) is 4.88. The van der Waals surface area contributed by atoms with Crippen LogP contribution in [-0.2, 0) is 0 Å². The number of nitrogens with one attached hydrogen (secondary N) is 3. The van der Waals surface area contributed by atoms with Crippen molar-refractivity contribution >= 4 is 39.9 Å². The number of anilines is 1. The lowest BCUT2D eigenvalue weighted by molar-refractivity contribution is 0.289. The summed E-state index contributed by atoms with van der Waals surface area (Å²) < 4.78 is 0. The number of hydrazine groups is 1. The zero-order valence-corrected chi connectivity index (χ0v) is 19.2. The molecule has 5 rings (SSSR count). The van der Waals surface area contributed by atoms with Crippen LogP contribution in [0.4, 0.5) is 5.82 Å². The minimum Gasteiger partial charge on any atom is -0.367 e. The average molecular weight is 456 g/mol. The Balaban J connectivity index is 1.40. The van der Waals surface area contributed by atoms with Crippen LogP contribution in [0, 0.1) is 5.92 Å². The normalized spacial score (nSPS) is 25.7. The van der Waals surface area contributed by atoms with E-state index in [-0.39, 0.29) is 12.0 Å². The third-order valence-corrected chi connectivity index (χ3v) is 7.27. The highest BCUT2D eigenvalue weighted by atomic mass is 35.5. The lowest BCUT2D eigenvalue weighted by Crippen LogP contribution is -2.39. The van der Waals surface area contributed by atoms with Crippen molar-refractivity contribution in [1.29, 1.82) is 0 Å². The van der Waals surface area contributed by atoms with E-state index in [4.69, 9.17) is 33.2 Å². The molecule has 0 amide bonds. The number of hydrogen-bond donors (Lipinski definition) is 3. The maximum Gasteiger partial charge on any atom is 0.137 e. The van der Waals surface area contributed by atoms with Crippen molar-refractivity contribution in [1.82, 2.24) is 20.8 Å². The summed E-state index contributed by atoms with van der Waals surface area (Å²) in [6.45, 7) is 4.27. The topological polar surface area (TPSA) is 61.9 Å². The first kappa shape index (κ1) is 21.0. The van der Waals surface area contributed by atoms with E-state index in [1.54, 1.807) is 0 Å². The molecule has 3 N–H and O–H groups in total. The number of nitrogens with zero attached hydrogens (tertiary/aromatic N) is 2. The minimum absolute atomic E-state index is 0.206. The fourth-order valence-corrected chi connectivity index (χ4v) is 5.19. The Morgan fingerprint density at radius 3 is 2.65 bits per heavy atom. The summed E-state index contributed by atoms with van der Waals surface area (Å²) in [6.07, 6.45) is 3.25. The first-order valence-corrected chi connectivity index (χ1v) is 11.7. The van der Waals surface area contributed by atoms with E-state index in [1.165, 1.54) is 5.56 Å². The highest BCUT2D eigenvalue weighted by Gasteiger charge is 2.41. The zero-order chi connectivity index (χ0) is 21.5. The van der Waals surface area contributed by atoms with Gasteiger partial charge in [0.2, 0.25) is 0 Å². The summed E-state index contributed by atoms with van der Waals surface area (Å²) in [6, 6.07) is 15.2. The third kappa shape index (κ3) is 4.12. The Morgan fingerprint density at radius 1 is 1.00 bits per heavy atom. The van der Waals surface area contributed by atoms with Gasteiger partial charge < -0.3 is 5.32 Å². The molecule has 5 nitrogen and oxygen atoms in total. The van der Waals surface area contributed by atoms with Gasteiger partial charge in [-0.2, -0.15) is 0 Å². The molecule has 0 spiro atoms. The molecule has 1 saturated carbocycles. The Morgan fingerprint density at radius 2 is 1.84 bits per heavy atom.